The van der Waals surface area contributed by atoms with Crippen LogP contribution in [0, 0.1) is 6.92 Å². The number of aryl methyl sites for hydroxylation is 1. The molecule has 38 heavy (non-hydrogen) atoms. The number of phenols is 1. The van der Waals surface area contributed by atoms with E-state index >= 15 is 0 Å². The molecule has 4 aromatic carbocycles. The van der Waals surface area contributed by atoms with Gasteiger partial charge in [-0.1, -0.05) is 100 Å². The summed E-state index contributed by atoms with van der Waals surface area (Å²) in [4.78, 5) is 2.19. The summed E-state index contributed by atoms with van der Waals surface area (Å²) in [6, 6.07) is 24.3. The van der Waals surface area contributed by atoms with Crippen LogP contribution in [0.5, 0.6) is 5.75 Å². The molecule has 1 aliphatic rings. The molecule has 2 heteroatoms. The first kappa shape index (κ1) is 25.1. The lowest BCUT2D eigenvalue weighted by molar-refractivity contribution is 0.475. The molecular formula is C36H33NO. The van der Waals surface area contributed by atoms with Crippen LogP contribution >= 0.6 is 0 Å². The predicted octanol–water partition coefficient (Wildman–Crippen LogP) is 7.84. The van der Waals surface area contributed by atoms with E-state index < -0.39 is 0 Å². The molecule has 0 atom stereocenters. The molecule has 1 aliphatic carbocycles. The summed E-state index contributed by atoms with van der Waals surface area (Å²) < 4.78 is 0. The van der Waals surface area contributed by atoms with Crippen LogP contribution < -0.4 is 15.3 Å². The minimum absolute atomic E-state index is 0.206. The Kier molecular flexibility index (Phi) is 6.20. The number of rotatable bonds is 6. The smallest absolute Gasteiger partial charge is 0.115 e. The second kappa shape index (κ2) is 9.39. The second-order valence-corrected chi connectivity index (χ2v) is 10.3. The van der Waals surface area contributed by atoms with Crippen LogP contribution in [0.15, 0.2) is 98.6 Å². The van der Waals surface area contributed by atoms with Crippen molar-refractivity contribution in [2.45, 2.75) is 26.2 Å². The van der Waals surface area contributed by atoms with Gasteiger partial charge in [-0.3, -0.25) is 0 Å². The highest BCUT2D eigenvalue weighted by molar-refractivity contribution is 5.98. The maximum Gasteiger partial charge on any atom is 0.115 e. The van der Waals surface area contributed by atoms with Crippen molar-refractivity contribution < 1.29 is 5.11 Å². The van der Waals surface area contributed by atoms with Crippen molar-refractivity contribution in [2.75, 3.05) is 4.90 Å². The van der Waals surface area contributed by atoms with Crippen molar-refractivity contribution in [3.63, 3.8) is 0 Å². The zero-order chi connectivity index (χ0) is 27.2. The maximum atomic E-state index is 10.1. The molecule has 1 N–H and O–H groups in total. The molecule has 4 aromatic rings. The van der Waals surface area contributed by atoms with E-state index in [0.717, 1.165) is 38.6 Å². The minimum Gasteiger partial charge on any atom is -0.508 e. The normalized spacial score (nSPS) is 13.8. The maximum absolute atomic E-state index is 10.1. The Labute approximate surface area is 225 Å². The van der Waals surface area contributed by atoms with Gasteiger partial charge in [0.05, 0.1) is 11.4 Å². The van der Waals surface area contributed by atoms with Gasteiger partial charge in [-0.25, -0.2) is 0 Å². The number of nitrogens with zero attached hydrogens (tertiary/aromatic N) is 1. The van der Waals surface area contributed by atoms with Crippen molar-refractivity contribution in [1.82, 2.24) is 0 Å². The van der Waals surface area contributed by atoms with Gasteiger partial charge in [0.15, 0.2) is 0 Å². The van der Waals surface area contributed by atoms with Crippen molar-refractivity contribution >= 4 is 35.8 Å². The zero-order valence-corrected chi connectivity index (χ0v) is 22.4. The van der Waals surface area contributed by atoms with Gasteiger partial charge < -0.3 is 10.0 Å². The van der Waals surface area contributed by atoms with Crippen molar-refractivity contribution in [3.8, 4) is 16.9 Å². The van der Waals surface area contributed by atoms with E-state index in [1.165, 1.54) is 27.8 Å². The van der Waals surface area contributed by atoms with E-state index in [-0.39, 0.29) is 11.2 Å². The fourth-order valence-electron chi connectivity index (χ4n) is 5.74. The van der Waals surface area contributed by atoms with Crippen LogP contribution in [0.2, 0.25) is 0 Å². The molecule has 188 valence electrons. The number of fused-ring (bicyclic) bond motifs is 3. The Morgan fingerprint density at radius 3 is 2.16 bits per heavy atom. The quantitative estimate of drug-likeness (QED) is 0.295. The molecule has 2 nitrogen and oxygen atoms in total. The third-order valence-electron chi connectivity index (χ3n) is 7.66. The molecule has 0 spiro atoms. The van der Waals surface area contributed by atoms with E-state index in [1.54, 1.807) is 12.1 Å². The standard InChI is InChI=1S/C36H33NO/c1-8-27-28(9-2)35-30-20-15-23(4)21-31(30)36(6,7)32(35)22-34(27)37(25-16-18-26(38)19-17-25)33(10-3)29-14-12-11-13-24(29)5/h8-22,38H,1-3,5H2,4,6-7H3/b33-29+. The van der Waals surface area contributed by atoms with E-state index in [4.69, 9.17) is 0 Å². The summed E-state index contributed by atoms with van der Waals surface area (Å²) in [6.07, 6.45) is 5.73. The fraction of sp³-hybridized carbons (Fsp3) is 0.111. The van der Waals surface area contributed by atoms with Gasteiger partial charge >= 0.3 is 0 Å². The summed E-state index contributed by atoms with van der Waals surface area (Å²) in [5, 5.41) is 12.0. The molecule has 0 fully saturated rings. The van der Waals surface area contributed by atoms with Gasteiger partial charge in [0.2, 0.25) is 0 Å². The van der Waals surface area contributed by atoms with Crippen molar-refractivity contribution in [3.05, 3.63) is 137 Å². The van der Waals surface area contributed by atoms with Crippen LogP contribution in [-0.4, -0.2) is 5.11 Å². The highest BCUT2D eigenvalue weighted by Gasteiger charge is 2.38. The first-order chi connectivity index (χ1) is 18.2. The lowest BCUT2D eigenvalue weighted by Gasteiger charge is -2.31. The lowest BCUT2D eigenvalue weighted by atomic mass is 9.80. The SMILES string of the molecule is C=C/C(=c1/ccccc1=C)N(c1ccc(O)cc1)c1cc2c(c(C=C)c1C=C)-c1ccc(C)cc1C2(C)C. The number of aromatic hydroxyl groups is 1. The van der Waals surface area contributed by atoms with Gasteiger partial charge in [0.25, 0.3) is 0 Å². The molecule has 0 aliphatic heterocycles. The largest absolute Gasteiger partial charge is 0.508 e. The minimum atomic E-state index is -0.206. The molecule has 0 saturated heterocycles. The summed E-state index contributed by atoms with van der Waals surface area (Å²) in [5.41, 5.74) is 10.8. The van der Waals surface area contributed by atoms with Crippen LogP contribution in [0.3, 0.4) is 0 Å². The van der Waals surface area contributed by atoms with Gasteiger partial charge in [-0.15, -0.1) is 0 Å². The summed E-state index contributed by atoms with van der Waals surface area (Å²) >= 11 is 0. The highest BCUT2D eigenvalue weighted by Crippen LogP contribution is 2.54. The Morgan fingerprint density at radius 2 is 1.53 bits per heavy atom. The number of hydrogen-bond donors (Lipinski definition) is 1. The Bertz CT molecular complexity index is 1720. The molecule has 0 unspecified atom stereocenters. The first-order valence-corrected chi connectivity index (χ1v) is 12.8. The molecule has 0 radical (unpaired) electrons. The highest BCUT2D eigenvalue weighted by atomic mass is 16.3. The van der Waals surface area contributed by atoms with Crippen molar-refractivity contribution in [2.24, 2.45) is 0 Å². The number of phenolic OH excluding ortho intramolecular Hbond substituents is 1. The van der Waals surface area contributed by atoms with Crippen molar-refractivity contribution in [1.29, 1.82) is 0 Å². The molecule has 0 heterocycles. The Morgan fingerprint density at radius 1 is 0.842 bits per heavy atom. The van der Waals surface area contributed by atoms with Gasteiger partial charge in [0, 0.05) is 21.9 Å². The monoisotopic (exact) mass is 495 g/mol. The molecule has 0 aromatic heterocycles. The van der Waals surface area contributed by atoms with E-state index in [0.29, 0.717) is 0 Å². The average molecular weight is 496 g/mol. The predicted molar refractivity (Wildman–Crippen MR) is 164 cm³/mol. The topological polar surface area (TPSA) is 23.5 Å². The Balaban J connectivity index is 1.94. The van der Waals surface area contributed by atoms with Crippen LogP contribution in [0.25, 0.3) is 35.6 Å². The Hall–Kier alpha value is -4.56. The van der Waals surface area contributed by atoms with Gasteiger partial charge in [0.1, 0.15) is 5.75 Å². The molecule has 0 bridgehead atoms. The molecule has 0 amide bonds. The molecular weight excluding hydrogens is 462 g/mol. The summed E-state index contributed by atoms with van der Waals surface area (Å²) in [5.74, 6) is 0.211. The second-order valence-electron chi connectivity index (χ2n) is 10.3. The summed E-state index contributed by atoms with van der Waals surface area (Å²) in [6.45, 7) is 23.7. The van der Waals surface area contributed by atoms with Gasteiger partial charge in [-0.05, 0) is 76.4 Å². The number of anilines is 2. The molecule has 5 rings (SSSR count). The average Bonchev–Trinajstić information content (AvgIpc) is 3.13. The number of benzene rings is 4. The van der Waals surface area contributed by atoms with Crippen LogP contribution in [0.1, 0.15) is 41.7 Å². The third kappa shape index (κ3) is 3.81. The van der Waals surface area contributed by atoms with Crippen LogP contribution in [0.4, 0.5) is 11.4 Å². The zero-order valence-electron chi connectivity index (χ0n) is 22.4. The van der Waals surface area contributed by atoms with Gasteiger partial charge in [-0.2, -0.15) is 0 Å². The van der Waals surface area contributed by atoms with E-state index in [2.05, 4.69) is 82.3 Å². The number of hydrogen-bond acceptors (Lipinski definition) is 2. The van der Waals surface area contributed by atoms with Crippen LogP contribution in [-0.2, 0) is 5.41 Å². The molecule has 0 saturated carbocycles. The lowest BCUT2D eigenvalue weighted by Crippen LogP contribution is -2.31. The van der Waals surface area contributed by atoms with E-state index in [9.17, 15) is 5.11 Å². The third-order valence-corrected chi connectivity index (χ3v) is 7.66. The fourth-order valence-corrected chi connectivity index (χ4v) is 5.74. The first-order valence-electron chi connectivity index (χ1n) is 12.8. The van der Waals surface area contributed by atoms with E-state index in [1.807, 2.05) is 48.6 Å². The summed E-state index contributed by atoms with van der Waals surface area (Å²) in [7, 11) is 0.